The molecule has 0 saturated heterocycles. The van der Waals surface area contributed by atoms with E-state index in [9.17, 15) is 4.79 Å². The topological polar surface area (TPSA) is 56.1 Å². The number of nitrogens with one attached hydrogen (secondary N) is 1. The maximum Gasteiger partial charge on any atom is 0.258 e. The standard InChI is InChI=1S/C16H20BrN3O2/c1-11(2)15(16-18-7-8-20(16)3)19-14(21)10-22-13-6-4-5-12(17)9-13/h4-9,11,15H,10H2,1-3H3,(H,19,21). The zero-order chi connectivity index (χ0) is 16.1. The lowest BCUT2D eigenvalue weighted by Crippen LogP contribution is -2.36. The van der Waals surface area contributed by atoms with Crippen molar-refractivity contribution >= 4 is 21.8 Å². The van der Waals surface area contributed by atoms with Gasteiger partial charge in [-0.2, -0.15) is 0 Å². The minimum absolute atomic E-state index is 0.0237. The van der Waals surface area contributed by atoms with Crippen molar-refractivity contribution in [2.45, 2.75) is 19.9 Å². The van der Waals surface area contributed by atoms with Crippen LogP contribution in [0.4, 0.5) is 0 Å². The van der Waals surface area contributed by atoms with Gasteiger partial charge in [0.15, 0.2) is 6.61 Å². The van der Waals surface area contributed by atoms with Gasteiger partial charge in [0.05, 0.1) is 6.04 Å². The molecule has 1 N–H and O–H groups in total. The van der Waals surface area contributed by atoms with Gasteiger partial charge in [0, 0.05) is 23.9 Å². The second-order valence-corrected chi connectivity index (χ2v) is 6.35. The van der Waals surface area contributed by atoms with Gasteiger partial charge in [-0.25, -0.2) is 4.98 Å². The number of ether oxygens (including phenoxy) is 1. The SMILES string of the molecule is CC(C)C(NC(=O)COc1cccc(Br)c1)c1nccn1C. The Bertz CT molecular complexity index is 640. The van der Waals surface area contributed by atoms with Crippen LogP contribution in [0.2, 0.25) is 0 Å². The molecule has 22 heavy (non-hydrogen) atoms. The number of hydrogen-bond acceptors (Lipinski definition) is 3. The largest absolute Gasteiger partial charge is 0.484 e. The van der Waals surface area contributed by atoms with Crippen molar-refractivity contribution in [1.82, 2.24) is 14.9 Å². The van der Waals surface area contributed by atoms with E-state index in [4.69, 9.17) is 4.74 Å². The summed E-state index contributed by atoms with van der Waals surface area (Å²) >= 11 is 3.37. The van der Waals surface area contributed by atoms with Crippen molar-refractivity contribution in [3.05, 3.63) is 47.0 Å². The van der Waals surface area contributed by atoms with Crippen molar-refractivity contribution < 1.29 is 9.53 Å². The van der Waals surface area contributed by atoms with Gasteiger partial charge in [-0.1, -0.05) is 35.8 Å². The van der Waals surface area contributed by atoms with E-state index in [1.165, 1.54) is 0 Å². The van der Waals surface area contributed by atoms with Crippen LogP contribution < -0.4 is 10.1 Å². The Kier molecular flexibility index (Phi) is 5.60. The van der Waals surface area contributed by atoms with Gasteiger partial charge in [0.1, 0.15) is 11.6 Å². The highest BCUT2D eigenvalue weighted by Crippen LogP contribution is 2.20. The number of halogens is 1. The maximum absolute atomic E-state index is 12.1. The van der Waals surface area contributed by atoms with Gasteiger partial charge in [0.25, 0.3) is 5.91 Å². The number of aromatic nitrogens is 2. The van der Waals surface area contributed by atoms with Crippen LogP contribution in [0.15, 0.2) is 41.1 Å². The second kappa shape index (κ2) is 7.45. The highest BCUT2D eigenvalue weighted by Gasteiger charge is 2.22. The van der Waals surface area contributed by atoms with Crippen molar-refractivity contribution in [3.8, 4) is 5.75 Å². The molecule has 0 saturated carbocycles. The number of hydrogen-bond donors (Lipinski definition) is 1. The number of benzene rings is 1. The lowest BCUT2D eigenvalue weighted by molar-refractivity contribution is -0.124. The summed E-state index contributed by atoms with van der Waals surface area (Å²) in [5, 5.41) is 2.99. The molecule has 1 unspecified atom stereocenters. The van der Waals surface area contributed by atoms with Crippen LogP contribution in [0.1, 0.15) is 25.7 Å². The molecule has 0 bridgehead atoms. The minimum Gasteiger partial charge on any atom is -0.484 e. The Morgan fingerprint density at radius 2 is 2.23 bits per heavy atom. The number of carbonyl (C=O) groups excluding carboxylic acids is 1. The summed E-state index contributed by atoms with van der Waals surface area (Å²) in [4.78, 5) is 16.5. The normalized spacial score (nSPS) is 12.2. The van der Waals surface area contributed by atoms with E-state index in [1.807, 2.05) is 42.1 Å². The van der Waals surface area contributed by atoms with Crippen molar-refractivity contribution in [2.24, 2.45) is 13.0 Å². The number of amides is 1. The maximum atomic E-state index is 12.1. The number of nitrogens with zero attached hydrogens (tertiary/aromatic N) is 2. The van der Waals surface area contributed by atoms with Crippen LogP contribution in [0.25, 0.3) is 0 Å². The fraction of sp³-hybridized carbons (Fsp3) is 0.375. The Balaban J connectivity index is 1.96. The number of imidazole rings is 1. The van der Waals surface area contributed by atoms with E-state index in [0.29, 0.717) is 5.75 Å². The van der Waals surface area contributed by atoms with E-state index in [-0.39, 0.29) is 24.5 Å². The third-order valence-corrected chi connectivity index (χ3v) is 3.78. The van der Waals surface area contributed by atoms with Gasteiger partial charge in [-0.05, 0) is 24.1 Å². The zero-order valence-electron chi connectivity index (χ0n) is 12.9. The van der Waals surface area contributed by atoms with Crippen LogP contribution >= 0.6 is 15.9 Å². The van der Waals surface area contributed by atoms with E-state index in [0.717, 1.165) is 10.3 Å². The fourth-order valence-electron chi connectivity index (χ4n) is 2.13. The first-order chi connectivity index (χ1) is 10.5. The van der Waals surface area contributed by atoms with Gasteiger partial charge >= 0.3 is 0 Å². The Morgan fingerprint density at radius 1 is 1.45 bits per heavy atom. The summed E-state index contributed by atoms with van der Waals surface area (Å²) in [6, 6.07) is 7.27. The third kappa shape index (κ3) is 4.34. The Hall–Kier alpha value is -1.82. The summed E-state index contributed by atoms with van der Waals surface area (Å²) in [5.41, 5.74) is 0. The Morgan fingerprint density at radius 3 is 2.82 bits per heavy atom. The van der Waals surface area contributed by atoms with Crippen LogP contribution in [0.5, 0.6) is 5.75 Å². The Labute approximate surface area is 138 Å². The number of carbonyl (C=O) groups is 1. The minimum atomic E-state index is -0.165. The molecule has 0 aliphatic carbocycles. The molecule has 5 nitrogen and oxygen atoms in total. The molecule has 0 aliphatic heterocycles. The summed E-state index contributed by atoms with van der Waals surface area (Å²) in [6.45, 7) is 4.08. The molecule has 1 aromatic carbocycles. The average Bonchev–Trinajstić information content (AvgIpc) is 2.88. The van der Waals surface area contributed by atoms with E-state index in [2.05, 4.69) is 40.1 Å². The second-order valence-electron chi connectivity index (χ2n) is 5.43. The van der Waals surface area contributed by atoms with E-state index < -0.39 is 0 Å². The van der Waals surface area contributed by atoms with Crippen LogP contribution in [-0.2, 0) is 11.8 Å². The lowest BCUT2D eigenvalue weighted by atomic mass is 10.0. The average molecular weight is 366 g/mol. The predicted molar refractivity (Wildman–Crippen MR) is 88.6 cm³/mol. The summed E-state index contributed by atoms with van der Waals surface area (Å²) in [7, 11) is 1.92. The molecule has 0 radical (unpaired) electrons. The fourth-order valence-corrected chi connectivity index (χ4v) is 2.51. The first kappa shape index (κ1) is 16.5. The molecule has 1 aromatic heterocycles. The highest BCUT2D eigenvalue weighted by atomic mass is 79.9. The van der Waals surface area contributed by atoms with Gasteiger partial charge < -0.3 is 14.6 Å². The van der Waals surface area contributed by atoms with Gasteiger partial charge in [0.2, 0.25) is 0 Å². The molecule has 2 rings (SSSR count). The van der Waals surface area contributed by atoms with Gasteiger partial charge in [-0.3, -0.25) is 4.79 Å². The van der Waals surface area contributed by atoms with Crippen molar-refractivity contribution in [3.63, 3.8) is 0 Å². The third-order valence-electron chi connectivity index (χ3n) is 3.29. The molecule has 0 aliphatic rings. The summed E-state index contributed by atoms with van der Waals surface area (Å²) < 4.78 is 8.34. The van der Waals surface area contributed by atoms with Crippen LogP contribution in [-0.4, -0.2) is 22.1 Å². The molecule has 6 heteroatoms. The molecule has 0 fully saturated rings. The molecule has 1 atom stereocenters. The first-order valence-electron chi connectivity index (χ1n) is 7.12. The smallest absolute Gasteiger partial charge is 0.258 e. The monoisotopic (exact) mass is 365 g/mol. The first-order valence-corrected chi connectivity index (χ1v) is 7.91. The molecular formula is C16H20BrN3O2. The molecule has 1 heterocycles. The molecule has 1 amide bonds. The highest BCUT2D eigenvalue weighted by molar-refractivity contribution is 9.10. The van der Waals surface area contributed by atoms with Crippen molar-refractivity contribution in [2.75, 3.05) is 6.61 Å². The summed E-state index contributed by atoms with van der Waals surface area (Å²) in [6.07, 6.45) is 3.60. The molecular weight excluding hydrogens is 346 g/mol. The van der Waals surface area contributed by atoms with E-state index in [1.54, 1.807) is 6.20 Å². The van der Waals surface area contributed by atoms with Crippen LogP contribution in [0.3, 0.4) is 0 Å². The predicted octanol–water partition coefficient (Wildman–Crippen LogP) is 3.07. The quantitative estimate of drug-likeness (QED) is 0.855. The molecule has 0 spiro atoms. The summed E-state index contributed by atoms with van der Waals surface area (Å²) in [5.74, 6) is 1.56. The lowest BCUT2D eigenvalue weighted by Gasteiger charge is -2.22. The zero-order valence-corrected chi connectivity index (χ0v) is 14.5. The van der Waals surface area contributed by atoms with Gasteiger partial charge in [-0.15, -0.1) is 0 Å². The molecule has 118 valence electrons. The van der Waals surface area contributed by atoms with Crippen molar-refractivity contribution in [1.29, 1.82) is 0 Å². The molecule has 2 aromatic rings. The number of rotatable bonds is 6. The van der Waals surface area contributed by atoms with E-state index >= 15 is 0 Å². The number of aryl methyl sites for hydroxylation is 1. The van der Waals surface area contributed by atoms with Crippen LogP contribution in [0, 0.1) is 5.92 Å².